The summed E-state index contributed by atoms with van der Waals surface area (Å²) in [7, 11) is 2.32. The number of aliphatic hydroxyl groups excluding tert-OH is 2. The van der Waals surface area contributed by atoms with Gasteiger partial charge in [0.25, 0.3) is 44.1 Å². The van der Waals surface area contributed by atoms with Crippen LogP contribution in [0.4, 0.5) is 47.7 Å². The van der Waals surface area contributed by atoms with Gasteiger partial charge in [-0.15, -0.1) is 42.2 Å². The summed E-state index contributed by atoms with van der Waals surface area (Å²) in [5.41, 5.74) is 24.9. The predicted octanol–water partition coefficient (Wildman–Crippen LogP) is 12.7. The Balaban J connectivity index is 0.000000269. The van der Waals surface area contributed by atoms with Crippen molar-refractivity contribution in [3.8, 4) is 41.1 Å². The molecule has 0 spiro atoms. The number of likely N-dealkylation sites (N-methyl/N-ethyl adjacent to an activating group) is 3. The number of nitrogens with one attached hydrogen (secondary N) is 5. The lowest BCUT2D eigenvalue weighted by molar-refractivity contribution is 0.0695. The van der Waals surface area contributed by atoms with Crippen LogP contribution in [0.25, 0.3) is 0 Å². The molecule has 0 unspecified atom stereocenters. The van der Waals surface area contributed by atoms with Crippen LogP contribution in [-0.4, -0.2) is 189 Å². The molecule has 0 fully saturated rings. The summed E-state index contributed by atoms with van der Waals surface area (Å²) in [4.78, 5) is 80.7. The van der Waals surface area contributed by atoms with Crippen LogP contribution in [-0.2, 0) is 0 Å². The van der Waals surface area contributed by atoms with E-state index in [-0.39, 0.29) is 116 Å². The minimum absolute atomic E-state index is 0.00631. The van der Waals surface area contributed by atoms with Gasteiger partial charge in [-0.25, -0.2) is 18.0 Å². The summed E-state index contributed by atoms with van der Waals surface area (Å²) >= 11 is 36.8. The fraction of sp³-hybridized carbons (Fsp3) is 0.275. The fourth-order valence-electron chi connectivity index (χ4n) is 10.7. The first kappa shape index (κ1) is 98.2. The van der Waals surface area contributed by atoms with Gasteiger partial charge in [0.15, 0.2) is 51.8 Å². The molecule has 30 nitrogen and oxygen atoms in total. The monoisotopic (exact) mass is 1780 g/mol. The van der Waals surface area contributed by atoms with Gasteiger partial charge >= 0.3 is 5.97 Å². The minimum Gasteiger partial charge on any atom is -0.490 e. The number of nitrogens with two attached hydrogens (primary N) is 4. The van der Waals surface area contributed by atoms with E-state index >= 15 is 0 Å². The molecule has 0 aliphatic heterocycles. The van der Waals surface area contributed by atoms with Crippen LogP contribution >= 0.6 is 69.6 Å². The number of carbonyl (C=O) groups is 6. The van der Waals surface area contributed by atoms with Crippen LogP contribution in [0, 0.1) is 41.3 Å². The van der Waals surface area contributed by atoms with Crippen LogP contribution in [0.15, 0.2) is 127 Å². The third kappa shape index (κ3) is 29.7. The molecule has 0 saturated heterocycles. The van der Waals surface area contributed by atoms with Gasteiger partial charge in [0.1, 0.15) is 35.6 Å². The predicted molar refractivity (Wildman–Crippen MR) is 463 cm³/mol. The molecule has 16 N–H and O–H groups in total. The largest absolute Gasteiger partial charge is 0.490 e. The van der Waals surface area contributed by atoms with Crippen LogP contribution in [0.1, 0.15) is 146 Å². The van der Waals surface area contributed by atoms with Crippen molar-refractivity contribution in [2.24, 2.45) is 5.73 Å². The number of ether oxygens (including phenoxy) is 3. The zero-order valence-corrected chi connectivity index (χ0v) is 70.8. The number of rotatable bonds is 34. The van der Waals surface area contributed by atoms with E-state index in [1.165, 1.54) is 67.9 Å². The van der Waals surface area contributed by atoms with Crippen molar-refractivity contribution >= 4 is 154 Å². The maximum Gasteiger partial charge on any atom is 0.335 e. The maximum atomic E-state index is 14.1. The molecule has 9 aromatic rings. The summed E-state index contributed by atoms with van der Waals surface area (Å²) < 4.78 is 59.5. The summed E-state index contributed by atoms with van der Waals surface area (Å²) in [6, 6.07) is 26.7. The normalized spacial score (nSPS) is 11.3. The minimum atomic E-state index is -1.21. The van der Waals surface area contributed by atoms with E-state index in [1.807, 2.05) is 0 Å². The van der Waals surface area contributed by atoms with Crippen molar-refractivity contribution in [1.82, 2.24) is 55.9 Å². The van der Waals surface area contributed by atoms with E-state index in [9.17, 15) is 41.9 Å². The second kappa shape index (κ2) is 49.8. The molecule has 121 heavy (non-hydrogen) atoms. The first-order valence-corrected chi connectivity index (χ1v) is 39.3. The Labute approximate surface area is 727 Å². The topological polar surface area (TPSA) is 442 Å². The van der Waals surface area contributed by atoms with Gasteiger partial charge in [-0.2, -0.15) is 0 Å². The lowest BCUT2D eigenvalue weighted by Gasteiger charge is -2.20. The number of amides is 5. The second-order valence-corrected chi connectivity index (χ2v) is 27.5. The van der Waals surface area contributed by atoms with E-state index in [0.717, 1.165) is 90.9 Å². The highest BCUT2D eigenvalue weighted by Crippen LogP contribution is 2.39. The Morgan fingerprint density at radius 2 is 0.736 bits per heavy atom. The number of hydrogen-bond donors (Lipinski definition) is 12. The third-order valence-corrected chi connectivity index (χ3v) is 19.6. The highest BCUT2D eigenvalue weighted by molar-refractivity contribution is 6.49. The number of carboxylic acids is 1. The molecule has 9 rings (SSSR count). The zero-order valence-electron chi connectivity index (χ0n) is 66.2. The van der Waals surface area contributed by atoms with Crippen molar-refractivity contribution in [2.75, 3.05) is 112 Å². The van der Waals surface area contributed by atoms with E-state index < -0.39 is 59.3 Å². The molecule has 636 valence electrons. The average molecular weight is 1780 g/mol. The van der Waals surface area contributed by atoms with Crippen molar-refractivity contribution in [3.63, 3.8) is 0 Å². The number of hydrogen-bond acceptors (Lipinski definition) is 24. The van der Waals surface area contributed by atoms with Crippen molar-refractivity contribution in [1.29, 1.82) is 0 Å². The van der Waals surface area contributed by atoms with E-state index in [0.29, 0.717) is 41.3 Å². The summed E-state index contributed by atoms with van der Waals surface area (Å²) in [6.45, 7) is 24.4. The van der Waals surface area contributed by atoms with Gasteiger partial charge in [0.05, 0.1) is 32.8 Å². The molecule has 3 heterocycles. The maximum absolute atomic E-state index is 14.1. The summed E-state index contributed by atoms with van der Waals surface area (Å²) in [5.74, 6) is -1.71. The molecular weight excluding hydrogens is 1700 g/mol. The molecule has 0 aliphatic rings. The number of aliphatic hydroxyl groups is 2. The number of nitrogens with zero attached hydrogens (tertiary/aromatic N) is 9. The molecule has 0 aliphatic carbocycles. The Morgan fingerprint density at radius 3 is 1.03 bits per heavy atom. The SMILES string of the molecule is CCN(CC)CCN.CCN(CC)CCNC(=O)c1ccc(NC(=O)c2cc(O[C@H](C)c3c(Cl)ccc(F)c3Cl)c(N)nn2)cc1.CCN(CC)CCNC(=O)c1ccc(NC(=O)c2cc(O[C@H]([B]C#CO)c3c(Cl)ccc(F)c3Cl)c(N)nn2)cc1.Nc1nnc(C(=O)Nc2ccc(C(=O)O)cc2)cc1O[C@H]([B]C#CO)c1c(Cl)ccc(F)c1Cl. The molecule has 0 bridgehead atoms. The van der Waals surface area contributed by atoms with Crippen molar-refractivity contribution < 1.29 is 71.5 Å². The highest BCUT2D eigenvalue weighted by Gasteiger charge is 2.29. The standard InChI is InChI=1S/C27H27BCl2FN6O4.C26H29Cl2FN6O3.C21H13BCl2FN4O5.C6H16N2/c1-3-37(4-2)13-12-33-26(39)16-5-7-17(8-6-16)34-27(40)20-15-21(25(32)36-35-20)41-24(28-11-14-38)22-18(29)9-10-19(31)23(22)30;1-4-35(5-2)13-12-31-25(36)16-6-8-17(9-7-16)32-26(37)20-14-21(24(30)34-33-20)38-15(3)22-18(27)10-11-19(29)23(22)28;23-12-5-6-13(25)17(24)16(12)18(22-7-8-30)34-15-9-14(28-29-19(15)26)20(31)27-11-3-1-10(2-4-11)21(32)33;1-3-8(4-2)6-5-7/h5-10,15,24,38H,3-4,12-13H2,1-2H3,(H2,32,36)(H,33,39)(H,34,40);6-11,14-15H,4-5,12-13H2,1-3H3,(H2,30,34)(H,31,36)(H,32,37);1-6,9,18,30H,(H2,26,29)(H,27,31)(H,32,33);3-7H2,1-2H3/t24-;15-;18-;/m010./s1. The molecule has 6 aromatic carbocycles. The molecule has 5 amide bonds. The Kier molecular flexibility index (Phi) is 40.5. The summed E-state index contributed by atoms with van der Waals surface area (Å²) in [5, 5.41) is 62.5. The van der Waals surface area contributed by atoms with Crippen LogP contribution < -0.4 is 63.7 Å². The summed E-state index contributed by atoms with van der Waals surface area (Å²) in [6.07, 6.45) is 2.55. The third-order valence-electron chi connectivity index (χ3n) is 17.4. The van der Waals surface area contributed by atoms with E-state index in [4.69, 9.17) is 122 Å². The molecule has 2 radical (unpaired) electrons. The van der Waals surface area contributed by atoms with E-state index in [2.05, 4.69) is 125 Å². The molecule has 41 heteroatoms. The van der Waals surface area contributed by atoms with Crippen molar-refractivity contribution in [2.45, 2.75) is 66.6 Å². The molecule has 3 atom stereocenters. The molecule has 0 saturated carbocycles. The number of carboxylic acid groups (broad SMARTS) is 1. The smallest absolute Gasteiger partial charge is 0.335 e. The van der Waals surface area contributed by atoms with Gasteiger partial charge in [-0.1, -0.05) is 111 Å². The van der Waals surface area contributed by atoms with Crippen LogP contribution in [0.5, 0.6) is 17.2 Å². The number of aromatic carboxylic acids is 1. The van der Waals surface area contributed by atoms with Crippen LogP contribution in [0.2, 0.25) is 30.1 Å². The van der Waals surface area contributed by atoms with Gasteiger partial charge in [-0.3, -0.25) is 24.0 Å². The van der Waals surface area contributed by atoms with E-state index in [1.54, 1.807) is 67.7 Å². The van der Waals surface area contributed by atoms with Gasteiger partial charge < -0.3 is 93.7 Å². The quantitative estimate of drug-likeness (QED) is 0.0101. The second-order valence-electron chi connectivity index (χ2n) is 25.2. The Morgan fingerprint density at radius 1 is 0.438 bits per heavy atom. The highest BCUT2D eigenvalue weighted by atomic mass is 35.5. The number of aromatic nitrogens is 6. The van der Waals surface area contributed by atoms with Gasteiger partial charge in [0, 0.05) is 117 Å². The number of benzene rings is 6. The lowest BCUT2D eigenvalue weighted by Crippen LogP contribution is -2.34. The zero-order chi connectivity index (χ0) is 89.0. The fourth-order valence-corrected chi connectivity index (χ4v) is 12.6. The number of halogens is 9. The number of nitrogen functional groups attached to an aromatic ring is 3. The lowest BCUT2D eigenvalue weighted by atomic mass is 9.69. The van der Waals surface area contributed by atoms with Crippen LogP contribution in [0.3, 0.4) is 0 Å². The number of carbonyl (C=O) groups excluding carboxylic acids is 5. The van der Waals surface area contributed by atoms with Gasteiger partial charge in [0.2, 0.25) is 0 Å². The average Bonchev–Trinajstić information content (AvgIpc) is 0.820. The Hall–Kier alpha value is -11.6. The number of anilines is 6. The molecular formula is C80H85B2Cl6F3N18O12. The first-order chi connectivity index (χ1) is 57.9. The Bertz CT molecular complexity index is 5180. The first-order valence-electron chi connectivity index (χ1n) is 37.0. The van der Waals surface area contributed by atoms with Crippen molar-refractivity contribution in [3.05, 3.63) is 225 Å². The molecule has 3 aromatic heterocycles. The van der Waals surface area contributed by atoms with Gasteiger partial charge in [-0.05, 0) is 155 Å².